The predicted molar refractivity (Wildman–Crippen MR) is 109 cm³/mol. The first kappa shape index (κ1) is 23.7. The number of hydrogen-bond acceptors (Lipinski definition) is 7. The minimum atomic E-state index is -4.27. The molecule has 0 radical (unpaired) electrons. The van der Waals surface area contributed by atoms with E-state index in [1.54, 1.807) is 0 Å². The molecule has 2 rings (SSSR count). The van der Waals surface area contributed by atoms with Crippen LogP contribution in [0.1, 0.15) is 0 Å². The second-order valence-corrected chi connectivity index (χ2v) is 11.2. The zero-order valence-corrected chi connectivity index (χ0v) is 18.5. The molecular weight excluding hydrogens is 467 g/mol. The van der Waals surface area contributed by atoms with E-state index < -0.39 is 37.4 Å². The lowest BCUT2D eigenvalue weighted by Crippen LogP contribution is -2.50. The van der Waals surface area contributed by atoms with Gasteiger partial charge in [0, 0.05) is 11.1 Å². The Morgan fingerprint density at radius 1 is 1.00 bits per heavy atom. The van der Waals surface area contributed by atoms with Crippen molar-refractivity contribution in [3.05, 3.63) is 46.4 Å². The first-order valence-electron chi connectivity index (χ1n) is 7.89. The Morgan fingerprint density at radius 2 is 1.62 bits per heavy atom. The Hall–Kier alpha value is -1.60. The van der Waals surface area contributed by atoms with Crippen LogP contribution in [-0.2, 0) is 20.0 Å². The molecule has 0 unspecified atom stereocenters. The van der Waals surface area contributed by atoms with Crippen LogP contribution in [0.15, 0.2) is 41.3 Å². The van der Waals surface area contributed by atoms with Crippen LogP contribution in [-0.4, -0.2) is 57.7 Å². The Labute approximate surface area is 178 Å². The van der Waals surface area contributed by atoms with Crippen LogP contribution < -0.4 is 9.46 Å². The second kappa shape index (κ2) is 8.64. The highest BCUT2D eigenvalue weighted by molar-refractivity contribution is 7.92. The normalized spacial score (nSPS) is 12.6. The third-order valence-electron chi connectivity index (χ3n) is 3.84. The zero-order chi connectivity index (χ0) is 22.0. The summed E-state index contributed by atoms with van der Waals surface area (Å²) in [7, 11) is -6.86. The summed E-state index contributed by atoms with van der Waals surface area (Å²) in [5.74, 6) is -0.0631. The number of anilines is 1. The van der Waals surface area contributed by atoms with Crippen molar-refractivity contribution in [2.45, 2.75) is 4.90 Å². The van der Waals surface area contributed by atoms with Crippen molar-refractivity contribution in [1.82, 2.24) is 0 Å². The zero-order valence-electron chi connectivity index (χ0n) is 15.3. The van der Waals surface area contributed by atoms with E-state index in [4.69, 9.17) is 27.9 Å². The highest BCUT2D eigenvalue weighted by Crippen LogP contribution is 2.37. The van der Waals surface area contributed by atoms with Gasteiger partial charge in [-0.2, -0.15) is 12.3 Å². The Bertz CT molecular complexity index is 1120. The van der Waals surface area contributed by atoms with Gasteiger partial charge in [0.15, 0.2) is 19.2 Å². The van der Waals surface area contributed by atoms with Crippen molar-refractivity contribution in [3.8, 4) is 11.5 Å². The number of halogens is 2. The minimum absolute atomic E-state index is 0.0420. The molecule has 0 fully saturated rings. The molecule has 0 aliphatic rings. The van der Waals surface area contributed by atoms with Gasteiger partial charge < -0.3 is 14.9 Å². The molecule has 0 spiro atoms. The maximum absolute atomic E-state index is 12.8. The van der Waals surface area contributed by atoms with Crippen molar-refractivity contribution in [2.24, 2.45) is 0 Å². The average Bonchev–Trinajstić information content (AvgIpc) is 2.63. The third kappa shape index (κ3) is 5.31. The van der Waals surface area contributed by atoms with Gasteiger partial charge in [-0.05, 0) is 30.3 Å². The van der Waals surface area contributed by atoms with Crippen LogP contribution in [0.25, 0.3) is 0 Å². The van der Waals surface area contributed by atoms with Crippen LogP contribution in [0.2, 0.25) is 10.0 Å². The summed E-state index contributed by atoms with van der Waals surface area (Å²) >= 11 is 11.9. The number of nitrogens with zero attached hydrogens (tertiary/aromatic N) is 1. The van der Waals surface area contributed by atoms with Gasteiger partial charge in [0.05, 0.1) is 24.0 Å². The molecule has 2 aromatic rings. The van der Waals surface area contributed by atoms with E-state index >= 15 is 0 Å². The molecule has 0 bridgehead atoms. The molecule has 0 aromatic heterocycles. The van der Waals surface area contributed by atoms with Crippen LogP contribution >= 0.6 is 23.2 Å². The van der Waals surface area contributed by atoms with Gasteiger partial charge in [0.2, 0.25) is 10.0 Å². The van der Waals surface area contributed by atoms with Gasteiger partial charge in [-0.3, -0.25) is 4.72 Å². The van der Waals surface area contributed by atoms with Crippen molar-refractivity contribution < 1.29 is 35.7 Å². The first-order valence-corrected chi connectivity index (χ1v) is 12.0. The molecule has 3 N–H and O–H groups in total. The standard InChI is InChI=1S/C16H19Cl2N2O7S2/c1-20(9-21,10-22)29(25,26)12-4-5-14(19-28(2,23)24)16(8-12)27-15-6-3-11(17)7-13(15)18/h3-8,19,21-22H,9-10H2,1-2H3/q+1. The molecule has 13 heteroatoms. The number of benzene rings is 2. The highest BCUT2D eigenvalue weighted by atomic mass is 35.5. The number of hydrogen-bond donors (Lipinski definition) is 3. The summed E-state index contributed by atoms with van der Waals surface area (Å²) in [6.07, 6.45) is 0.919. The number of aliphatic hydroxyl groups excluding tert-OH is 2. The van der Waals surface area contributed by atoms with Gasteiger partial charge in [-0.25, -0.2) is 8.42 Å². The fraction of sp³-hybridized carbons (Fsp3) is 0.250. The van der Waals surface area contributed by atoms with E-state index in [1.165, 1.54) is 24.3 Å². The number of aliphatic hydroxyl groups is 2. The molecule has 160 valence electrons. The quantitative estimate of drug-likeness (QED) is 0.385. The lowest BCUT2D eigenvalue weighted by Gasteiger charge is -2.28. The van der Waals surface area contributed by atoms with Gasteiger partial charge in [-0.15, -0.1) is 0 Å². The molecule has 0 atom stereocenters. The fourth-order valence-electron chi connectivity index (χ4n) is 2.16. The van der Waals surface area contributed by atoms with Crippen LogP contribution in [0, 0.1) is 0 Å². The van der Waals surface area contributed by atoms with Gasteiger partial charge in [-0.1, -0.05) is 23.2 Å². The molecule has 0 heterocycles. The van der Waals surface area contributed by atoms with Crippen LogP contribution in [0.3, 0.4) is 0 Å². The van der Waals surface area contributed by atoms with Gasteiger partial charge in [0.25, 0.3) is 0 Å². The minimum Gasteiger partial charge on any atom is -0.454 e. The van der Waals surface area contributed by atoms with Crippen molar-refractivity contribution in [2.75, 3.05) is 31.5 Å². The second-order valence-electron chi connectivity index (χ2n) is 6.26. The summed E-state index contributed by atoms with van der Waals surface area (Å²) < 4.78 is 55.8. The Kier molecular flexibility index (Phi) is 7.05. The van der Waals surface area contributed by atoms with E-state index in [2.05, 4.69) is 4.72 Å². The SMILES string of the molecule is C[N+](CO)(CO)S(=O)(=O)c1ccc(NS(C)(=O)=O)c(Oc2ccc(Cl)cc2Cl)c1. The molecule has 29 heavy (non-hydrogen) atoms. The van der Waals surface area contributed by atoms with Gasteiger partial charge in [0.1, 0.15) is 10.6 Å². The number of nitrogens with one attached hydrogen (secondary N) is 1. The number of ether oxygens (including phenoxy) is 1. The lowest BCUT2D eigenvalue weighted by molar-refractivity contribution is -0.828. The summed E-state index contributed by atoms with van der Waals surface area (Å²) in [6.45, 7) is -1.78. The van der Waals surface area contributed by atoms with Gasteiger partial charge >= 0.3 is 10.0 Å². The fourth-order valence-corrected chi connectivity index (χ4v) is 4.48. The van der Waals surface area contributed by atoms with E-state index in [1.807, 2.05) is 0 Å². The molecular formula is C16H19Cl2N2O7S2+. The summed E-state index contributed by atoms with van der Waals surface area (Å²) in [5.41, 5.74) is -0.0420. The van der Waals surface area contributed by atoms with Crippen molar-refractivity contribution in [3.63, 3.8) is 0 Å². The molecule has 9 nitrogen and oxygen atoms in total. The third-order valence-corrected chi connectivity index (χ3v) is 7.20. The Morgan fingerprint density at radius 3 is 2.14 bits per heavy atom. The van der Waals surface area contributed by atoms with Crippen LogP contribution in [0.4, 0.5) is 5.69 Å². The average molecular weight is 486 g/mol. The maximum atomic E-state index is 12.8. The largest absolute Gasteiger partial charge is 0.454 e. The molecule has 0 saturated heterocycles. The number of sulfonamides is 2. The lowest BCUT2D eigenvalue weighted by atomic mass is 10.3. The van der Waals surface area contributed by atoms with E-state index in [0.717, 1.165) is 25.4 Å². The maximum Gasteiger partial charge on any atom is 0.330 e. The molecule has 0 aliphatic carbocycles. The van der Waals surface area contributed by atoms with Crippen molar-refractivity contribution >= 4 is 48.9 Å². The topological polar surface area (TPSA) is 130 Å². The summed E-state index contributed by atoms with van der Waals surface area (Å²) in [6, 6.07) is 7.69. The predicted octanol–water partition coefficient (Wildman–Crippen LogP) is 2.19. The molecule has 2 aromatic carbocycles. The molecule has 0 amide bonds. The smallest absolute Gasteiger partial charge is 0.330 e. The molecule has 0 aliphatic heterocycles. The van der Waals surface area contributed by atoms with E-state index in [9.17, 15) is 27.0 Å². The summed E-state index contributed by atoms with van der Waals surface area (Å²) in [4.78, 5) is -0.317. The van der Waals surface area contributed by atoms with Crippen LogP contribution in [0.5, 0.6) is 11.5 Å². The Balaban J connectivity index is 2.63. The van der Waals surface area contributed by atoms with E-state index in [-0.39, 0.29) is 27.1 Å². The monoisotopic (exact) mass is 485 g/mol. The first-order chi connectivity index (χ1) is 13.3. The van der Waals surface area contributed by atoms with E-state index in [0.29, 0.717) is 5.02 Å². The molecule has 0 saturated carbocycles. The van der Waals surface area contributed by atoms with Crippen molar-refractivity contribution in [1.29, 1.82) is 0 Å². The summed E-state index contributed by atoms with van der Waals surface area (Å²) in [5, 5.41) is 19.3. The number of rotatable bonds is 8. The number of quaternary nitrogens is 1. The highest BCUT2D eigenvalue weighted by Gasteiger charge is 2.38.